The zero-order valence-corrected chi connectivity index (χ0v) is 9.58. The minimum atomic E-state index is 0.478. The van der Waals surface area contributed by atoms with Crippen LogP contribution in [0.15, 0.2) is 6.33 Å². The van der Waals surface area contributed by atoms with E-state index in [-0.39, 0.29) is 0 Å². The maximum Gasteiger partial charge on any atom is 0.170 e. The van der Waals surface area contributed by atoms with Gasteiger partial charge in [-0.2, -0.15) is 5.10 Å². The molecule has 0 aliphatic heterocycles. The highest BCUT2D eigenvalue weighted by atomic mass is 32.1. The molecule has 80 valence electrons. The van der Waals surface area contributed by atoms with Gasteiger partial charge in [0, 0.05) is 13.1 Å². The first-order chi connectivity index (χ1) is 7.26. The molecule has 0 aliphatic carbocycles. The summed E-state index contributed by atoms with van der Waals surface area (Å²) in [5, 5.41) is 5.08. The molecule has 15 heavy (non-hydrogen) atoms. The van der Waals surface area contributed by atoms with E-state index in [1.54, 1.807) is 17.7 Å². The van der Waals surface area contributed by atoms with Gasteiger partial charge in [-0.3, -0.25) is 0 Å². The molecule has 0 saturated heterocycles. The van der Waals surface area contributed by atoms with Crippen LogP contribution >= 0.6 is 11.3 Å². The van der Waals surface area contributed by atoms with Crippen LogP contribution in [0.5, 0.6) is 0 Å². The highest BCUT2D eigenvalue weighted by molar-refractivity contribution is 7.15. The van der Waals surface area contributed by atoms with Crippen LogP contribution in [0.1, 0.15) is 17.6 Å². The lowest BCUT2D eigenvalue weighted by molar-refractivity contribution is 0.666. The fourth-order valence-corrected chi connectivity index (χ4v) is 2.36. The SMILES string of the molecule is CCn1ncnc1-c1sc(CN)nc1C. The van der Waals surface area contributed by atoms with Crippen molar-refractivity contribution in [3.8, 4) is 10.7 Å². The summed E-state index contributed by atoms with van der Waals surface area (Å²) in [6.07, 6.45) is 1.57. The van der Waals surface area contributed by atoms with Gasteiger partial charge in [-0.05, 0) is 13.8 Å². The Hall–Kier alpha value is -1.27. The molecule has 5 nitrogen and oxygen atoms in total. The van der Waals surface area contributed by atoms with Gasteiger partial charge in [-0.1, -0.05) is 0 Å². The predicted molar refractivity (Wildman–Crippen MR) is 59.4 cm³/mol. The lowest BCUT2D eigenvalue weighted by Gasteiger charge is -1.99. The number of nitrogens with zero attached hydrogens (tertiary/aromatic N) is 4. The second-order valence-corrected chi connectivity index (χ2v) is 4.21. The topological polar surface area (TPSA) is 69.6 Å². The van der Waals surface area contributed by atoms with E-state index in [9.17, 15) is 0 Å². The second kappa shape index (κ2) is 4.08. The van der Waals surface area contributed by atoms with Gasteiger partial charge >= 0.3 is 0 Å². The smallest absolute Gasteiger partial charge is 0.170 e. The maximum atomic E-state index is 5.56. The van der Waals surface area contributed by atoms with Crippen molar-refractivity contribution in [1.29, 1.82) is 0 Å². The summed E-state index contributed by atoms with van der Waals surface area (Å²) in [5.74, 6) is 0.882. The first kappa shape index (κ1) is 10.3. The van der Waals surface area contributed by atoms with Crippen molar-refractivity contribution in [2.75, 3.05) is 0 Å². The maximum absolute atomic E-state index is 5.56. The summed E-state index contributed by atoms with van der Waals surface area (Å²) in [6, 6.07) is 0. The average Bonchev–Trinajstić information content (AvgIpc) is 2.82. The van der Waals surface area contributed by atoms with E-state index in [1.807, 2.05) is 18.5 Å². The summed E-state index contributed by atoms with van der Waals surface area (Å²) in [4.78, 5) is 9.68. The fraction of sp³-hybridized carbons (Fsp3) is 0.444. The molecule has 0 spiro atoms. The van der Waals surface area contributed by atoms with Gasteiger partial charge in [-0.25, -0.2) is 14.6 Å². The molecule has 0 radical (unpaired) electrons. The minimum Gasteiger partial charge on any atom is -0.325 e. The molecule has 2 N–H and O–H groups in total. The third-order valence-corrected chi connectivity index (χ3v) is 3.31. The van der Waals surface area contributed by atoms with E-state index in [2.05, 4.69) is 15.1 Å². The largest absolute Gasteiger partial charge is 0.325 e. The molecule has 0 fully saturated rings. The molecule has 0 aliphatic rings. The van der Waals surface area contributed by atoms with Crippen LogP contribution in [-0.2, 0) is 13.1 Å². The number of thiazole rings is 1. The van der Waals surface area contributed by atoms with Crippen LogP contribution in [0.3, 0.4) is 0 Å². The van der Waals surface area contributed by atoms with Crippen LogP contribution in [0, 0.1) is 6.92 Å². The third-order valence-electron chi connectivity index (χ3n) is 2.13. The van der Waals surface area contributed by atoms with Crippen molar-refractivity contribution < 1.29 is 0 Å². The Morgan fingerprint density at radius 1 is 1.53 bits per heavy atom. The number of nitrogens with two attached hydrogens (primary N) is 1. The summed E-state index contributed by atoms with van der Waals surface area (Å²) in [6.45, 7) is 5.30. The van der Waals surface area contributed by atoms with Crippen molar-refractivity contribution in [3.63, 3.8) is 0 Å². The molecule has 2 aromatic heterocycles. The summed E-state index contributed by atoms with van der Waals surface area (Å²) < 4.78 is 1.86. The average molecular weight is 223 g/mol. The van der Waals surface area contributed by atoms with Gasteiger partial charge < -0.3 is 5.73 Å². The third kappa shape index (κ3) is 1.78. The minimum absolute atomic E-state index is 0.478. The zero-order chi connectivity index (χ0) is 10.8. The Morgan fingerprint density at radius 3 is 2.93 bits per heavy atom. The monoisotopic (exact) mass is 223 g/mol. The normalized spacial score (nSPS) is 10.9. The molecule has 0 aromatic carbocycles. The molecule has 0 saturated carbocycles. The van der Waals surface area contributed by atoms with Crippen molar-refractivity contribution >= 4 is 11.3 Å². The Bertz CT molecular complexity index is 459. The molecule has 2 aromatic rings. The van der Waals surface area contributed by atoms with E-state index in [0.717, 1.165) is 27.9 Å². The van der Waals surface area contributed by atoms with Crippen LogP contribution in [0.4, 0.5) is 0 Å². The van der Waals surface area contributed by atoms with Crippen molar-refractivity contribution in [1.82, 2.24) is 19.7 Å². The van der Waals surface area contributed by atoms with Crippen molar-refractivity contribution in [2.45, 2.75) is 26.9 Å². The Kier molecular flexibility index (Phi) is 2.79. The van der Waals surface area contributed by atoms with E-state index in [1.165, 1.54) is 0 Å². The Morgan fingerprint density at radius 2 is 2.33 bits per heavy atom. The summed E-state index contributed by atoms with van der Waals surface area (Å²) in [5.41, 5.74) is 6.54. The van der Waals surface area contributed by atoms with E-state index in [4.69, 9.17) is 5.73 Å². The van der Waals surface area contributed by atoms with Crippen LogP contribution in [0.2, 0.25) is 0 Å². The van der Waals surface area contributed by atoms with Crippen molar-refractivity contribution in [2.24, 2.45) is 5.73 Å². The van der Waals surface area contributed by atoms with E-state index < -0.39 is 0 Å². The highest BCUT2D eigenvalue weighted by Gasteiger charge is 2.13. The molecule has 0 atom stereocenters. The number of aromatic nitrogens is 4. The van der Waals surface area contributed by atoms with Gasteiger partial charge in [0.15, 0.2) is 5.82 Å². The lowest BCUT2D eigenvalue weighted by Crippen LogP contribution is -1.99. The van der Waals surface area contributed by atoms with E-state index in [0.29, 0.717) is 6.54 Å². The molecule has 0 unspecified atom stereocenters. The number of hydrogen-bond acceptors (Lipinski definition) is 5. The van der Waals surface area contributed by atoms with Gasteiger partial charge in [0.1, 0.15) is 11.3 Å². The van der Waals surface area contributed by atoms with Gasteiger partial charge in [-0.15, -0.1) is 11.3 Å². The predicted octanol–water partition coefficient (Wildman–Crippen LogP) is 1.19. The molecule has 2 rings (SSSR count). The van der Waals surface area contributed by atoms with Crippen LogP contribution in [-0.4, -0.2) is 19.7 Å². The highest BCUT2D eigenvalue weighted by Crippen LogP contribution is 2.27. The first-order valence-corrected chi connectivity index (χ1v) is 5.62. The Labute approximate surface area is 92.0 Å². The molecule has 6 heteroatoms. The molecule has 0 bridgehead atoms. The lowest BCUT2D eigenvalue weighted by atomic mass is 10.4. The summed E-state index contributed by atoms with van der Waals surface area (Å²) >= 11 is 1.59. The molecule has 0 amide bonds. The van der Waals surface area contributed by atoms with Gasteiger partial charge in [0.25, 0.3) is 0 Å². The quantitative estimate of drug-likeness (QED) is 0.848. The Balaban J connectivity index is 2.48. The van der Waals surface area contributed by atoms with Gasteiger partial charge in [0.05, 0.1) is 10.6 Å². The molecular formula is C9H13N5S. The molecular weight excluding hydrogens is 210 g/mol. The number of aryl methyl sites for hydroxylation is 2. The number of rotatable bonds is 3. The zero-order valence-electron chi connectivity index (χ0n) is 8.77. The second-order valence-electron chi connectivity index (χ2n) is 3.13. The number of hydrogen-bond donors (Lipinski definition) is 1. The van der Waals surface area contributed by atoms with Gasteiger partial charge in [0.2, 0.25) is 0 Å². The van der Waals surface area contributed by atoms with Crippen LogP contribution in [0.25, 0.3) is 10.7 Å². The van der Waals surface area contributed by atoms with E-state index >= 15 is 0 Å². The standard InChI is InChI=1S/C9H13N5S/c1-3-14-9(11-5-12-14)8-6(2)13-7(4-10)15-8/h5H,3-4,10H2,1-2H3. The van der Waals surface area contributed by atoms with Crippen LogP contribution < -0.4 is 5.73 Å². The molecule has 2 heterocycles. The van der Waals surface area contributed by atoms with Crippen molar-refractivity contribution in [3.05, 3.63) is 17.0 Å². The fourth-order valence-electron chi connectivity index (χ4n) is 1.42. The first-order valence-electron chi connectivity index (χ1n) is 4.80. The summed E-state index contributed by atoms with van der Waals surface area (Å²) in [7, 11) is 0.